The van der Waals surface area contributed by atoms with Crippen molar-refractivity contribution in [3.8, 4) is 0 Å². The van der Waals surface area contributed by atoms with E-state index < -0.39 is 0 Å². The van der Waals surface area contributed by atoms with Crippen LogP contribution in [0.1, 0.15) is 61.1 Å². The molecule has 0 aliphatic carbocycles. The number of hydrogen-bond donors (Lipinski definition) is 1. The van der Waals surface area contributed by atoms with Gasteiger partial charge in [-0.25, -0.2) is 4.98 Å². The Kier molecular flexibility index (Phi) is 6.22. The van der Waals surface area contributed by atoms with Gasteiger partial charge in [-0.3, -0.25) is 0 Å². The molecular formula is C17H23ClN2S. The fourth-order valence-corrected chi connectivity index (χ4v) is 3.38. The Hall–Kier alpha value is -0.900. The second kappa shape index (κ2) is 7.92. The Labute approximate surface area is 136 Å². The van der Waals surface area contributed by atoms with Crippen LogP contribution in [0.2, 0.25) is 5.02 Å². The minimum absolute atomic E-state index is 0.266. The predicted molar refractivity (Wildman–Crippen MR) is 92.1 cm³/mol. The summed E-state index contributed by atoms with van der Waals surface area (Å²) in [6.07, 6.45) is 5.30. The SMILES string of the molecule is CCCC(NC(C)c1ncc(CC)s1)c1ccc(Cl)cc1. The van der Waals surface area contributed by atoms with Gasteiger partial charge in [0.2, 0.25) is 0 Å². The van der Waals surface area contributed by atoms with Crippen molar-refractivity contribution < 1.29 is 0 Å². The molecule has 0 amide bonds. The van der Waals surface area contributed by atoms with Crippen LogP contribution >= 0.6 is 22.9 Å². The van der Waals surface area contributed by atoms with Gasteiger partial charge in [-0.2, -0.15) is 0 Å². The van der Waals surface area contributed by atoms with Gasteiger partial charge in [0.05, 0.1) is 6.04 Å². The number of rotatable bonds is 7. The van der Waals surface area contributed by atoms with E-state index in [1.54, 1.807) is 11.3 Å². The first-order chi connectivity index (χ1) is 10.1. The van der Waals surface area contributed by atoms with Gasteiger partial charge in [-0.05, 0) is 37.5 Å². The number of nitrogens with one attached hydrogen (secondary N) is 1. The van der Waals surface area contributed by atoms with E-state index in [2.05, 4.69) is 43.2 Å². The second-order valence-electron chi connectivity index (χ2n) is 5.30. The van der Waals surface area contributed by atoms with Crippen molar-refractivity contribution in [2.45, 2.75) is 52.1 Å². The Bertz CT molecular complexity index is 550. The molecule has 0 saturated heterocycles. The maximum Gasteiger partial charge on any atom is 0.109 e. The smallest absolute Gasteiger partial charge is 0.109 e. The zero-order chi connectivity index (χ0) is 15.2. The van der Waals surface area contributed by atoms with Crippen molar-refractivity contribution in [2.75, 3.05) is 0 Å². The fraction of sp³-hybridized carbons (Fsp3) is 0.471. The van der Waals surface area contributed by atoms with Gasteiger partial charge in [-0.1, -0.05) is 44.0 Å². The third-order valence-electron chi connectivity index (χ3n) is 3.59. The van der Waals surface area contributed by atoms with Crippen molar-refractivity contribution >= 4 is 22.9 Å². The highest BCUT2D eigenvalue weighted by atomic mass is 35.5. The maximum absolute atomic E-state index is 5.99. The van der Waals surface area contributed by atoms with Crippen LogP contribution in [0.25, 0.3) is 0 Å². The molecule has 2 aromatic rings. The molecule has 0 fully saturated rings. The first-order valence-corrected chi connectivity index (χ1v) is 8.79. The van der Waals surface area contributed by atoms with Crippen LogP contribution in [0.4, 0.5) is 0 Å². The number of nitrogens with zero attached hydrogens (tertiary/aromatic N) is 1. The van der Waals surface area contributed by atoms with Crippen molar-refractivity contribution in [3.63, 3.8) is 0 Å². The minimum Gasteiger partial charge on any atom is -0.301 e. The molecule has 21 heavy (non-hydrogen) atoms. The Balaban J connectivity index is 2.09. The molecule has 0 saturated carbocycles. The highest BCUT2D eigenvalue weighted by molar-refractivity contribution is 7.11. The summed E-state index contributed by atoms with van der Waals surface area (Å²) in [5.41, 5.74) is 1.29. The largest absolute Gasteiger partial charge is 0.301 e. The molecule has 0 bridgehead atoms. The Morgan fingerprint density at radius 2 is 1.95 bits per heavy atom. The summed E-state index contributed by atoms with van der Waals surface area (Å²) in [5, 5.41) is 5.67. The molecular weight excluding hydrogens is 300 g/mol. The number of halogens is 1. The van der Waals surface area contributed by atoms with E-state index in [0.29, 0.717) is 6.04 Å². The normalized spacial score (nSPS) is 14.1. The quantitative estimate of drug-likeness (QED) is 0.722. The lowest BCUT2D eigenvalue weighted by atomic mass is 10.0. The highest BCUT2D eigenvalue weighted by Gasteiger charge is 2.17. The first kappa shape index (κ1) is 16.5. The van der Waals surface area contributed by atoms with E-state index in [9.17, 15) is 0 Å². The van der Waals surface area contributed by atoms with E-state index in [-0.39, 0.29) is 6.04 Å². The molecule has 4 heteroatoms. The summed E-state index contributed by atoms with van der Waals surface area (Å²) >= 11 is 7.79. The average molecular weight is 323 g/mol. The molecule has 2 rings (SSSR count). The van der Waals surface area contributed by atoms with Crippen LogP contribution in [0.3, 0.4) is 0 Å². The number of aryl methyl sites for hydroxylation is 1. The van der Waals surface area contributed by atoms with Gasteiger partial charge < -0.3 is 5.32 Å². The van der Waals surface area contributed by atoms with E-state index in [0.717, 1.165) is 24.3 Å². The van der Waals surface area contributed by atoms with Crippen LogP contribution < -0.4 is 5.32 Å². The van der Waals surface area contributed by atoms with Crippen molar-refractivity contribution in [1.29, 1.82) is 0 Å². The molecule has 2 nitrogen and oxygen atoms in total. The third kappa shape index (κ3) is 4.53. The van der Waals surface area contributed by atoms with Crippen molar-refractivity contribution in [2.24, 2.45) is 0 Å². The molecule has 1 aromatic heterocycles. The maximum atomic E-state index is 5.99. The van der Waals surface area contributed by atoms with Gasteiger partial charge in [0.15, 0.2) is 0 Å². The third-order valence-corrected chi connectivity index (χ3v) is 5.17. The standard InChI is InChI=1S/C17H23ClN2S/c1-4-6-16(13-7-9-14(18)10-8-13)20-12(3)17-19-11-15(5-2)21-17/h7-12,16,20H,4-6H2,1-3H3. The van der Waals surface area contributed by atoms with Crippen LogP contribution in [0, 0.1) is 0 Å². The van der Waals surface area contributed by atoms with Crippen molar-refractivity contribution in [1.82, 2.24) is 10.3 Å². The molecule has 0 radical (unpaired) electrons. The topological polar surface area (TPSA) is 24.9 Å². The minimum atomic E-state index is 0.266. The fourth-order valence-electron chi connectivity index (χ4n) is 2.39. The van der Waals surface area contributed by atoms with Gasteiger partial charge in [0, 0.05) is 22.1 Å². The summed E-state index contributed by atoms with van der Waals surface area (Å²) in [5.74, 6) is 0. The predicted octanol–water partition coefficient (Wildman–Crippen LogP) is 5.55. The molecule has 2 unspecified atom stereocenters. The lowest BCUT2D eigenvalue weighted by molar-refractivity contribution is 0.438. The van der Waals surface area contributed by atoms with E-state index in [1.807, 2.05) is 18.3 Å². The van der Waals surface area contributed by atoms with E-state index in [4.69, 9.17) is 11.6 Å². The molecule has 2 atom stereocenters. The zero-order valence-corrected chi connectivity index (χ0v) is 14.5. The zero-order valence-electron chi connectivity index (χ0n) is 12.9. The summed E-state index contributed by atoms with van der Waals surface area (Å²) in [4.78, 5) is 5.89. The molecule has 1 N–H and O–H groups in total. The number of aromatic nitrogens is 1. The van der Waals surface area contributed by atoms with Crippen molar-refractivity contribution in [3.05, 3.63) is 50.9 Å². The number of thiazole rings is 1. The number of hydrogen-bond acceptors (Lipinski definition) is 3. The lowest BCUT2D eigenvalue weighted by Crippen LogP contribution is -2.24. The van der Waals surface area contributed by atoms with Crippen LogP contribution in [-0.2, 0) is 6.42 Å². The van der Waals surface area contributed by atoms with Crippen LogP contribution in [0.15, 0.2) is 30.5 Å². The molecule has 1 aromatic carbocycles. The number of benzene rings is 1. The highest BCUT2D eigenvalue weighted by Crippen LogP contribution is 2.26. The van der Waals surface area contributed by atoms with Gasteiger partial charge in [0.1, 0.15) is 5.01 Å². The molecule has 0 aliphatic heterocycles. The lowest BCUT2D eigenvalue weighted by Gasteiger charge is -2.22. The van der Waals surface area contributed by atoms with Crippen LogP contribution in [-0.4, -0.2) is 4.98 Å². The summed E-state index contributed by atoms with van der Waals surface area (Å²) in [7, 11) is 0. The first-order valence-electron chi connectivity index (χ1n) is 7.60. The second-order valence-corrected chi connectivity index (χ2v) is 6.88. The average Bonchev–Trinajstić information content (AvgIpc) is 2.96. The summed E-state index contributed by atoms with van der Waals surface area (Å²) < 4.78 is 0. The molecule has 0 aliphatic rings. The van der Waals surface area contributed by atoms with E-state index >= 15 is 0 Å². The van der Waals surface area contributed by atoms with E-state index in [1.165, 1.54) is 15.4 Å². The Morgan fingerprint density at radius 3 is 2.52 bits per heavy atom. The van der Waals surface area contributed by atoms with Gasteiger partial charge in [0.25, 0.3) is 0 Å². The van der Waals surface area contributed by atoms with Gasteiger partial charge in [-0.15, -0.1) is 11.3 Å². The summed E-state index contributed by atoms with van der Waals surface area (Å²) in [6, 6.07) is 8.76. The molecule has 114 valence electrons. The molecule has 1 heterocycles. The van der Waals surface area contributed by atoms with Crippen LogP contribution in [0.5, 0.6) is 0 Å². The monoisotopic (exact) mass is 322 g/mol. The molecule has 0 spiro atoms. The Morgan fingerprint density at radius 1 is 1.24 bits per heavy atom. The summed E-state index contributed by atoms with van der Waals surface area (Å²) in [6.45, 7) is 6.58. The van der Waals surface area contributed by atoms with Gasteiger partial charge >= 0.3 is 0 Å².